The molecule has 98 valence electrons. The van der Waals surface area contributed by atoms with Gasteiger partial charge in [0, 0.05) is 29.0 Å². The summed E-state index contributed by atoms with van der Waals surface area (Å²) in [6.07, 6.45) is 0. The maximum Gasteiger partial charge on any atom is 0.387 e. The van der Waals surface area contributed by atoms with Gasteiger partial charge in [-0.1, -0.05) is 11.6 Å². The minimum absolute atomic E-state index is 0. The van der Waals surface area contributed by atoms with Crippen molar-refractivity contribution in [1.82, 2.24) is 4.98 Å². The van der Waals surface area contributed by atoms with Crippen molar-refractivity contribution in [2.24, 2.45) is 0 Å². The minimum atomic E-state index is 0. The SMILES string of the molecule is Cc1cc(C)[n+]2c(-c3ccc(Cl)cc3)csc2n1.[I-]. The van der Waals surface area contributed by atoms with Crippen LogP contribution in [0.4, 0.5) is 0 Å². The molecule has 0 aliphatic rings. The van der Waals surface area contributed by atoms with Gasteiger partial charge in [0.1, 0.15) is 5.69 Å². The van der Waals surface area contributed by atoms with E-state index in [2.05, 4.69) is 27.8 Å². The number of benzene rings is 1. The van der Waals surface area contributed by atoms with Gasteiger partial charge in [-0.2, -0.15) is 4.40 Å². The summed E-state index contributed by atoms with van der Waals surface area (Å²) in [5, 5.41) is 2.90. The molecule has 3 rings (SSSR count). The summed E-state index contributed by atoms with van der Waals surface area (Å²) >= 11 is 7.59. The average molecular weight is 403 g/mol. The van der Waals surface area contributed by atoms with Crippen molar-refractivity contribution < 1.29 is 28.4 Å². The number of nitrogens with zero attached hydrogens (tertiary/aromatic N) is 2. The Morgan fingerprint density at radius 3 is 2.53 bits per heavy atom. The van der Waals surface area contributed by atoms with E-state index in [4.69, 9.17) is 11.6 Å². The summed E-state index contributed by atoms with van der Waals surface area (Å²) < 4.78 is 2.18. The lowest BCUT2D eigenvalue weighted by Crippen LogP contribution is -3.00. The van der Waals surface area contributed by atoms with Crippen LogP contribution in [0.3, 0.4) is 0 Å². The Labute approximate surface area is 138 Å². The number of aromatic nitrogens is 2. The maximum absolute atomic E-state index is 5.93. The van der Waals surface area contributed by atoms with Crippen LogP contribution < -0.4 is 28.4 Å². The van der Waals surface area contributed by atoms with Crippen molar-refractivity contribution >= 4 is 27.9 Å². The van der Waals surface area contributed by atoms with Gasteiger partial charge in [0.25, 0.3) is 0 Å². The van der Waals surface area contributed by atoms with Crippen LogP contribution in [0.5, 0.6) is 0 Å². The Morgan fingerprint density at radius 2 is 1.84 bits per heavy atom. The Hall–Kier alpha value is -0.720. The van der Waals surface area contributed by atoms with Gasteiger partial charge in [-0.25, -0.2) is 0 Å². The standard InChI is InChI=1S/C14H12ClN2S.HI/c1-9-7-10(2)17-13(8-18-14(17)16-9)11-3-5-12(15)6-4-11;/h3-8H,1-2H3;1H/q+1;/p-1. The van der Waals surface area contributed by atoms with Crippen molar-refractivity contribution in [3.05, 3.63) is 52.1 Å². The number of thiazole rings is 1. The van der Waals surface area contributed by atoms with Crippen LogP contribution in [0.1, 0.15) is 11.4 Å². The number of hydrogen-bond donors (Lipinski definition) is 0. The molecule has 0 radical (unpaired) electrons. The van der Waals surface area contributed by atoms with Crippen LogP contribution >= 0.6 is 22.9 Å². The van der Waals surface area contributed by atoms with Gasteiger partial charge < -0.3 is 24.0 Å². The third-order valence-corrected chi connectivity index (χ3v) is 3.97. The van der Waals surface area contributed by atoms with Crippen LogP contribution in [0.2, 0.25) is 5.02 Å². The smallest absolute Gasteiger partial charge is 0.387 e. The maximum atomic E-state index is 5.93. The first-order valence-corrected chi connectivity index (χ1v) is 6.94. The van der Waals surface area contributed by atoms with Crippen molar-refractivity contribution in [3.63, 3.8) is 0 Å². The lowest BCUT2D eigenvalue weighted by atomic mass is 10.2. The molecule has 3 aromatic rings. The van der Waals surface area contributed by atoms with Gasteiger partial charge in [-0.15, -0.1) is 0 Å². The topological polar surface area (TPSA) is 17.0 Å². The van der Waals surface area contributed by atoms with Crippen LogP contribution in [0, 0.1) is 13.8 Å². The molecule has 0 aliphatic carbocycles. The second kappa shape index (κ2) is 5.73. The Bertz CT molecular complexity index is 722. The van der Waals surface area contributed by atoms with E-state index in [0.29, 0.717) is 0 Å². The summed E-state index contributed by atoms with van der Waals surface area (Å²) in [4.78, 5) is 5.58. The van der Waals surface area contributed by atoms with E-state index in [-0.39, 0.29) is 24.0 Å². The zero-order valence-electron chi connectivity index (χ0n) is 10.5. The summed E-state index contributed by atoms with van der Waals surface area (Å²) in [6, 6.07) is 10.0. The van der Waals surface area contributed by atoms with Crippen LogP contribution in [0.15, 0.2) is 35.7 Å². The highest BCUT2D eigenvalue weighted by Crippen LogP contribution is 2.22. The quantitative estimate of drug-likeness (QED) is 0.435. The fraction of sp³-hybridized carbons (Fsp3) is 0.143. The Balaban J connectivity index is 0.00000133. The number of halogens is 2. The predicted molar refractivity (Wildman–Crippen MR) is 75.2 cm³/mol. The molecule has 0 spiro atoms. The molecule has 0 aliphatic heterocycles. The van der Waals surface area contributed by atoms with E-state index in [1.165, 1.54) is 5.69 Å². The highest BCUT2D eigenvalue weighted by Gasteiger charge is 2.17. The Morgan fingerprint density at radius 1 is 1.16 bits per heavy atom. The molecule has 1 aromatic carbocycles. The number of aryl methyl sites for hydroxylation is 2. The van der Waals surface area contributed by atoms with Crippen LogP contribution in [-0.4, -0.2) is 4.98 Å². The van der Waals surface area contributed by atoms with E-state index in [1.54, 1.807) is 11.3 Å². The summed E-state index contributed by atoms with van der Waals surface area (Å²) in [5.41, 5.74) is 4.57. The number of fused-ring (bicyclic) bond motifs is 1. The van der Waals surface area contributed by atoms with Gasteiger partial charge in [0.05, 0.1) is 0 Å². The first-order chi connectivity index (χ1) is 8.65. The molecule has 0 unspecified atom stereocenters. The third-order valence-electron chi connectivity index (χ3n) is 2.89. The van der Waals surface area contributed by atoms with Gasteiger partial charge in [0.15, 0.2) is 11.4 Å². The Kier molecular flexibility index (Phi) is 4.43. The first kappa shape index (κ1) is 14.7. The lowest BCUT2D eigenvalue weighted by molar-refractivity contribution is -0.505. The normalized spacial score (nSPS) is 10.5. The summed E-state index contributed by atoms with van der Waals surface area (Å²) in [5.74, 6) is 0. The largest absolute Gasteiger partial charge is 1.00 e. The molecule has 0 bridgehead atoms. The van der Waals surface area contributed by atoms with Crippen molar-refractivity contribution in [2.75, 3.05) is 0 Å². The molecule has 19 heavy (non-hydrogen) atoms. The minimum Gasteiger partial charge on any atom is -1.00 e. The van der Waals surface area contributed by atoms with E-state index in [0.717, 1.165) is 26.9 Å². The van der Waals surface area contributed by atoms with Crippen molar-refractivity contribution in [1.29, 1.82) is 0 Å². The number of hydrogen-bond acceptors (Lipinski definition) is 2. The summed E-state index contributed by atoms with van der Waals surface area (Å²) in [7, 11) is 0. The molecule has 5 heteroatoms. The zero-order valence-corrected chi connectivity index (χ0v) is 14.3. The van der Waals surface area contributed by atoms with Crippen LogP contribution in [0.25, 0.3) is 16.2 Å². The highest BCUT2D eigenvalue weighted by atomic mass is 127. The van der Waals surface area contributed by atoms with E-state index in [1.807, 2.05) is 31.2 Å². The van der Waals surface area contributed by atoms with E-state index >= 15 is 0 Å². The first-order valence-electron chi connectivity index (χ1n) is 5.68. The van der Waals surface area contributed by atoms with Crippen molar-refractivity contribution in [2.45, 2.75) is 13.8 Å². The van der Waals surface area contributed by atoms with Gasteiger partial charge in [-0.05, 0) is 47.5 Å². The summed E-state index contributed by atoms with van der Waals surface area (Å²) in [6.45, 7) is 4.13. The van der Waals surface area contributed by atoms with Gasteiger partial charge >= 0.3 is 4.96 Å². The number of rotatable bonds is 1. The lowest BCUT2D eigenvalue weighted by Gasteiger charge is -1.99. The fourth-order valence-electron chi connectivity index (χ4n) is 2.10. The van der Waals surface area contributed by atoms with Gasteiger partial charge in [-0.3, -0.25) is 0 Å². The molecule has 0 N–H and O–H groups in total. The molecule has 0 saturated heterocycles. The second-order valence-corrected chi connectivity index (χ2v) is 5.56. The van der Waals surface area contributed by atoms with E-state index in [9.17, 15) is 0 Å². The predicted octanol–water partition coefficient (Wildman–Crippen LogP) is 0.823. The molecule has 2 nitrogen and oxygen atoms in total. The molecule has 2 aromatic heterocycles. The molecular weight excluding hydrogens is 391 g/mol. The molecule has 0 fully saturated rings. The molecular formula is C14H12ClIN2S. The van der Waals surface area contributed by atoms with Crippen molar-refractivity contribution in [3.8, 4) is 11.3 Å². The molecule has 2 heterocycles. The molecule has 0 saturated carbocycles. The third kappa shape index (κ3) is 2.75. The fourth-order valence-corrected chi connectivity index (χ4v) is 3.23. The van der Waals surface area contributed by atoms with Crippen LogP contribution in [-0.2, 0) is 0 Å². The second-order valence-electron chi connectivity index (χ2n) is 4.28. The molecule has 0 atom stereocenters. The van der Waals surface area contributed by atoms with Gasteiger partial charge in [0.2, 0.25) is 0 Å². The monoisotopic (exact) mass is 402 g/mol. The highest BCUT2D eigenvalue weighted by molar-refractivity contribution is 7.14. The van der Waals surface area contributed by atoms with E-state index < -0.39 is 0 Å². The average Bonchev–Trinajstić information content (AvgIpc) is 2.74. The zero-order chi connectivity index (χ0) is 12.7. The molecule has 0 amide bonds.